The number of halogens is 3. The first-order chi connectivity index (χ1) is 13.8. The fourth-order valence-corrected chi connectivity index (χ4v) is 4.33. The van der Waals surface area contributed by atoms with E-state index in [1.165, 1.54) is 6.07 Å². The van der Waals surface area contributed by atoms with Crippen LogP contribution in [0.25, 0.3) is 0 Å². The third-order valence-corrected chi connectivity index (χ3v) is 5.89. The van der Waals surface area contributed by atoms with Crippen molar-refractivity contribution < 1.29 is 22.8 Å². The van der Waals surface area contributed by atoms with Crippen molar-refractivity contribution in [2.75, 3.05) is 10.6 Å². The van der Waals surface area contributed by atoms with E-state index in [1.807, 2.05) is 6.07 Å². The minimum atomic E-state index is -4.45. The molecule has 0 radical (unpaired) electrons. The number of nitrogens with one attached hydrogen (secondary N) is 2. The molecule has 0 spiro atoms. The fourth-order valence-electron chi connectivity index (χ4n) is 4.33. The molecule has 4 nitrogen and oxygen atoms in total. The van der Waals surface area contributed by atoms with Crippen LogP contribution in [0.15, 0.2) is 42.5 Å². The van der Waals surface area contributed by atoms with Crippen molar-refractivity contribution in [3.05, 3.63) is 59.2 Å². The first-order valence-electron chi connectivity index (χ1n) is 9.70. The molecule has 0 saturated heterocycles. The van der Waals surface area contributed by atoms with Gasteiger partial charge < -0.3 is 10.6 Å². The van der Waals surface area contributed by atoms with Crippen LogP contribution in [0, 0.1) is 0 Å². The van der Waals surface area contributed by atoms with Gasteiger partial charge in [-0.25, -0.2) is 0 Å². The molecular formula is C22H21F3N2O2. The Morgan fingerprint density at radius 2 is 1.79 bits per heavy atom. The van der Waals surface area contributed by atoms with Crippen molar-refractivity contribution in [2.45, 2.75) is 50.1 Å². The molecule has 1 saturated carbocycles. The van der Waals surface area contributed by atoms with Crippen LogP contribution in [0.1, 0.15) is 48.8 Å². The lowest BCUT2D eigenvalue weighted by atomic mass is 9.77. The van der Waals surface area contributed by atoms with Gasteiger partial charge in [0, 0.05) is 17.8 Å². The number of carbonyl (C=O) groups excluding carboxylic acids is 2. The Balaban J connectivity index is 1.63. The van der Waals surface area contributed by atoms with Gasteiger partial charge >= 0.3 is 6.18 Å². The number of anilines is 2. The average Bonchev–Trinajstić information content (AvgIpc) is 3.19. The highest BCUT2D eigenvalue weighted by Crippen LogP contribution is 2.43. The van der Waals surface area contributed by atoms with Crippen molar-refractivity contribution in [3.8, 4) is 0 Å². The van der Waals surface area contributed by atoms with Gasteiger partial charge in [-0.15, -0.1) is 0 Å². The van der Waals surface area contributed by atoms with E-state index in [-0.39, 0.29) is 11.8 Å². The number of alkyl halides is 3. The zero-order valence-corrected chi connectivity index (χ0v) is 15.7. The summed E-state index contributed by atoms with van der Waals surface area (Å²) in [7, 11) is 0. The Labute approximate surface area is 166 Å². The number of rotatable bonds is 3. The van der Waals surface area contributed by atoms with Crippen LogP contribution in [-0.4, -0.2) is 11.8 Å². The van der Waals surface area contributed by atoms with Gasteiger partial charge in [0.2, 0.25) is 11.8 Å². The number of benzene rings is 2. The average molecular weight is 402 g/mol. The molecule has 1 fully saturated rings. The normalized spacial score (nSPS) is 18.1. The van der Waals surface area contributed by atoms with Crippen molar-refractivity contribution in [2.24, 2.45) is 0 Å². The molecule has 2 aromatic rings. The van der Waals surface area contributed by atoms with Crippen LogP contribution in [0.2, 0.25) is 0 Å². The molecule has 29 heavy (non-hydrogen) atoms. The number of aryl methyl sites for hydroxylation is 1. The highest BCUT2D eigenvalue weighted by atomic mass is 19.4. The third-order valence-electron chi connectivity index (χ3n) is 5.89. The standard InChI is InChI=1S/C22H21F3N2O2/c23-22(24,25)16-5-3-4-15(13-16)21(10-1-2-11-21)20(29)26-17-7-8-18-14(12-17)6-9-19(28)27-18/h3-5,7-8,12-13H,1-2,6,9-11H2,(H,26,29)(H,27,28). The summed E-state index contributed by atoms with van der Waals surface area (Å²) >= 11 is 0. The fraction of sp³-hybridized carbons (Fsp3) is 0.364. The number of amides is 2. The van der Waals surface area contributed by atoms with Crippen LogP contribution in [-0.2, 0) is 27.6 Å². The summed E-state index contributed by atoms with van der Waals surface area (Å²) in [6.07, 6.45) is -0.862. The largest absolute Gasteiger partial charge is 0.416 e. The lowest BCUT2D eigenvalue weighted by molar-refractivity contribution is -0.137. The smallest absolute Gasteiger partial charge is 0.326 e. The Kier molecular flexibility index (Phi) is 4.84. The summed E-state index contributed by atoms with van der Waals surface area (Å²) in [5.74, 6) is -0.321. The van der Waals surface area contributed by atoms with Gasteiger partial charge in [-0.05, 0) is 54.7 Å². The van der Waals surface area contributed by atoms with Gasteiger partial charge in [0.1, 0.15) is 0 Å². The van der Waals surface area contributed by atoms with E-state index in [0.717, 1.165) is 36.2 Å². The molecule has 2 amide bonds. The number of fused-ring (bicyclic) bond motifs is 1. The van der Waals surface area contributed by atoms with Gasteiger partial charge in [0.05, 0.1) is 11.0 Å². The molecule has 2 aliphatic rings. The Hall–Kier alpha value is -2.83. The predicted molar refractivity (Wildman–Crippen MR) is 104 cm³/mol. The van der Waals surface area contributed by atoms with Gasteiger partial charge in [0.15, 0.2) is 0 Å². The molecule has 4 rings (SSSR count). The second kappa shape index (κ2) is 7.21. The highest BCUT2D eigenvalue weighted by molar-refractivity contribution is 6.00. The second-order valence-electron chi connectivity index (χ2n) is 7.74. The van der Waals surface area contributed by atoms with Gasteiger partial charge in [0.25, 0.3) is 0 Å². The van der Waals surface area contributed by atoms with Gasteiger partial charge in [-0.3, -0.25) is 9.59 Å². The maximum Gasteiger partial charge on any atom is 0.416 e. The summed E-state index contributed by atoms with van der Waals surface area (Å²) in [6, 6.07) is 10.4. The molecule has 1 aliphatic heterocycles. The lowest BCUT2D eigenvalue weighted by Gasteiger charge is -2.29. The van der Waals surface area contributed by atoms with E-state index in [9.17, 15) is 22.8 Å². The maximum atomic E-state index is 13.3. The Morgan fingerprint density at radius 3 is 2.52 bits per heavy atom. The molecule has 0 unspecified atom stereocenters. The zero-order chi connectivity index (χ0) is 20.6. The third kappa shape index (κ3) is 3.73. The van der Waals surface area contributed by atoms with E-state index < -0.39 is 17.2 Å². The first-order valence-corrected chi connectivity index (χ1v) is 9.70. The van der Waals surface area contributed by atoms with E-state index >= 15 is 0 Å². The molecule has 0 aromatic heterocycles. The molecular weight excluding hydrogens is 381 g/mol. The molecule has 2 N–H and O–H groups in total. The van der Waals surface area contributed by atoms with Crippen molar-refractivity contribution in [1.29, 1.82) is 0 Å². The molecule has 0 bridgehead atoms. The minimum Gasteiger partial charge on any atom is -0.326 e. The first kappa shape index (κ1) is 19.5. The SMILES string of the molecule is O=C1CCc2cc(NC(=O)C3(c4cccc(C(F)(F)F)c4)CCCC3)ccc2N1. The lowest BCUT2D eigenvalue weighted by Crippen LogP contribution is -2.38. The van der Waals surface area contributed by atoms with Crippen LogP contribution in [0.5, 0.6) is 0 Å². The Morgan fingerprint density at radius 1 is 1.03 bits per heavy atom. The molecule has 0 atom stereocenters. The Bertz CT molecular complexity index is 963. The van der Waals surface area contributed by atoms with Crippen molar-refractivity contribution in [3.63, 3.8) is 0 Å². The minimum absolute atomic E-state index is 0.0382. The monoisotopic (exact) mass is 402 g/mol. The summed E-state index contributed by atoms with van der Waals surface area (Å²) < 4.78 is 39.6. The number of hydrogen-bond donors (Lipinski definition) is 2. The summed E-state index contributed by atoms with van der Waals surface area (Å²) in [5, 5.41) is 5.70. The summed E-state index contributed by atoms with van der Waals surface area (Å²) in [5.41, 5.74) is 0.953. The van der Waals surface area contributed by atoms with Crippen LogP contribution in [0.4, 0.5) is 24.5 Å². The van der Waals surface area contributed by atoms with Crippen LogP contribution >= 0.6 is 0 Å². The number of hydrogen-bond acceptors (Lipinski definition) is 2. The van der Waals surface area contributed by atoms with Crippen LogP contribution < -0.4 is 10.6 Å². The molecule has 1 aliphatic carbocycles. The van der Waals surface area contributed by atoms with E-state index in [1.54, 1.807) is 18.2 Å². The van der Waals surface area contributed by atoms with Crippen LogP contribution in [0.3, 0.4) is 0 Å². The predicted octanol–water partition coefficient (Wildman–Crippen LogP) is 5.04. The molecule has 152 valence electrons. The maximum absolute atomic E-state index is 13.3. The van der Waals surface area contributed by atoms with E-state index in [2.05, 4.69) is 10.6 Å². The van der Waals surface area contributed by atoms with E-state index in [4.69, 9.17) is 0 Å². The molecule has 1 heterocycles. The van der Waals surface area contributed by atoms with Gasteiger partial charge in [-0.2, -0.15) is 13.2 Å². The van der Waals surface area contributed by atoms with Crippen molar-refractivity contribution in [1.82, 2.24) is 0 Å². The summed E-state index contributed by atoms with van der Waals surface area (Å²) in [6.45, 7) is 0. The van der Waals surface area contributed by atoms with Crippen molar-refractivity contribution >= 4 is 23.2 Å². The summed E-state index contributed by atoms with van der Waals surface area (Å²) in [4.78, 5) is 24.8. The quantitative estimate of drug-likeness (QED) is 0.756. The molecule has 2 aromatic carbocycles. The zero-order valence-electron chi connectivity index (χ0n) is 15.7. The molecule has 7 heteroatoms. The highest BCUT2D eigenvalue weighted by Gasteiger charge is 2.44. The van der Waals surface area contributed by atoms with Gasteiger partial charge in [-0.1, -0.05) is 31.0 Å². The topological polar surface area (TPSA) is 58.2 Å². The number of carbonyl (C=O) groups is 2. The second-order valence-corrected chi connectivity index (χ2v) is 7.74. The van der Waals surface area contributed by atoms with E-state index in [0.29, 0.717) is 36.9 Å².